The van der Waals surface area contributed by atoms with Gasteiger partial charge in [-0.2, -0.15) is 0 Å². The fourth-order valence-electron chi connectivity index (χ4n) is 3.73. The monoisotopic (exact) mass is 265 g/mol. The molecule has 1 saturated heterocycles. The highest BCUT2D eigenvalue weighted by Crippen LogP contribution is 2.48. The van der Waals surface area contributed by atoms with Gasteiger partial charge in [-0.25, -0.2) is 8.42 Å². The number of hydrogen-bond donors (Lipinski definition) is 1. The molecule has 3 rings (SSSR count). The molecular weight excluding hydrogens is 246 g/mol. The number of fused-ring (bicyclic) bond motifs is 1. The third-order valence-electron chi connectivity index (χ3n) is 4.71. The van der Waals surface area contributed by atoms with E-state index < -0.39 is 14.6 Å². The minimum Gasteiger partial charge on any atom is -0.312 e. The molecule has 1 aromatic carbocycles. The van der Waals surface area contributed by atoms with Crippen LogP contribution in [0.4, 0.5) is 0 Å². The molecule has 0 radical (unpaired) electrons. The highest BCUT2D eigenvalue weighted by molar-refractivity contribution is 7.93. The van der Waals surface area contributed by atoms with Crippen LogP contribution < -0.4 is 5.32 Å². The van der Waals surface area contributed by atoms with Crippen molar-refractivity contribution >= 4 is 9.84 Å². The predicted octanol–water partition coefficient (Wildman–Crippen LogP) is 1.99. The third-order valence-corrected chi connectivity index (χ3v) is 7.32. The van der Waals surface area contributed by atoms with Crippen molar-refractivity contribution in [2.75, 3.05) is 6.54 Å². The van der Waals surface area contributed by atoms with Gasteiger partial charge in [0.2, 0.25) is 0 Å². The Hall–Kier alpha value is -0.870. The minimum atomic E-state index is -3.23. The largest absolute Gasteiger partial charge is 0.312 e. The molecule has 3 atom stereocenters. The Bertz CT molecular complexity index is 540. The Morgan fingerprint density at radius 3 is 2.72 bits per heavy atom. The molecule has 1 saturated carbocycles. The average molecular weight is 265 g/mol. The molecule has 1 N–H and O–H groups in total. The first-order valence-electron chi connectivity index (χ1n) is 6.61. The van der Waals surface area contributed by atoms with Gasteiger partial charge in [-0.3, -0.25) is 0 Å². The molecule has 2 fully saturated rings. The quantitative estimate of drug-likeness (QED) is 0.889. The van der Waals surface area contributed by atoms with Gasteiger partial charge in [-0.15, -0.1) is 0 Å². The Morgan fingerprint density at radius 1 is 1.28 bits per heavy atom. The maximum atomic E-state index is 12.9. The second-order valence-corrected chi connectivity index (χ2v) is 7.84. The van der Waals surface area contributed by atoms with Crippen molar-refractivity contribution in [3.05, 3.63) is 30.3 Å². The molecule has 0 spiro atoms. The summed E-state index contributed by atoms with van der Waals surface area (Å²) in [6, 6.07) is 9.23. The van der Waals surface area contributed by atoms with E-state index in [1.807, 2.05) is 6.07 Å². The Kier molecular flexibility index (Phi) is 2.75. The summed E-state index contributed by atoms with van der Waals surface area (Å²) >= 11 is 0. The van der Waals surface area contributed by atoms with Crippen LogP contribution >= 0.6 is 0 Å². The highest BCUT2D eigenvalue weighted by atomic mass is 32.2. The van der Waals surface area contributed by atoms with E-state index in [2.05, 4.69) is 12.2 Å². The first-order chi connectivity index (χ1) is 8.58. The van der Waals surface area contributed by atoms with Gasteiger partial charge >= 0.3 is 0 Å². The van der Waals surface area contributed by atoms with Crippen molar-refractivity contribution < 1.29 is 8.42 Å². The number of rotatable bonds is 2. The topological polar surface area (TPSA) is 46.2 Å². The molecule has 98 valence electrons. The first-order valence-corrected chi connectivity index (χ1v) is 8.09. The van der Waals surface area contributed by atoms with Gasteiger partial charge in [-0.1, -0.05) is 24.6 Å². The van der Waals surface area contributed by atoms with Crippen LogP contribution in [0.3, 0.4) is 0 Å². The van der Waals surface area contributed by atoms with Crippen LogP contribution in [0.1, 0.15) is 26.2 Å². The van der Waals surface area contributed by atoms with Crippen LogP contribution in [0.2, 0.25) is 0 Å². The number of benzene rings is 1. The Balaban J connectivity index is 2.09. The summed E-state index contributed by atoms with van der Waals surface area (Å²) in [4.78, 5) is 0.479. The molecule has 3 nitrogen and oxygen atoms in total. The summed E-state index contributed by atoms with van der Waals surface area (Å²) in [7, 11) is -3.23. The van der Waals surface area contributed by atoms with E-state index in [1.165, 1.54) is 0 Å². The smallest absolute Gasteiger partial charge is 0.185 e. The summed E-state index contributed by atoms with van der Waals surface area (Å²) < 4.78 is 25.3. The van der Waals surface area contributed by atoms with Gasteiger partial charge in [0.15, 0.2) is 9.84 Å². The predicted molar refractivity (Wildman–Crippen MR) is 71.2 cm³/mol. The molecule has 1 unspecified atom stereocenters. The standard InChI is InChI=1S/C14H19NO2S/c1-11-13-8-5-9-14(13,10-15-11)18(16,17)12-6-3-2-4-7-12/h2-4,6-7,11,13,15H,5,8-10H2,1H3/t11?,13-,14-/m1/s1. The fraction of sp³-hybridized carbons (Fsp3) is 0.571. The van der Waals surface area contributed by atoms with E-state index in [0.29, 0.717) is 17.5 Å². The Morgan fingerprint density at radius 2 is 2.00 bits per heavy atom. The second-order valence-electron chi connectivity index (χ2n) is 5.55. The van der Waals surface area contributed by atoms with Crippen LogP contribution in [-0.4, -0.2) is 25.8 Å². The van der Waals surface area contributed by atoms with Crippen molar-refractivity contribution in [2.45, 2.75) is 41.9 Å². The molecule has 1 aliphatic carbocycles. The van der Waals surface area contributed by atoms with Crippen molar-refractivity contribution in [3.8, 4) is 0 Å². The lowest BCUT2D eigenvalue weighted by molar-refractivity contribution is 0.434. The van der Waals surface area contributed by atoms with Gasteiger partial charge in [0.05, 0.1) is 9.64 Å². The summed E-state index contributed by atoms with van der Waals surface area (Å²) in [5.41, 5.74) is 0. The molecule has 18 heavy (non-hydrogen) atoms. The zero-order chi connectivity index (χ0) is 12.8. The maximum Gasteiger partial charge on any atom is 0.185 e. The third kappa shape index (κ3) is 1.48. The van der Waals surface area contributed by atoms with Crippen LogP contribution in [0.25, 0.3) is 0 Å². The van der Waals surface area contributed by atoms with E-state index in [9.17, 15) is 8.42 Å². The lowest BCUT2D eigenvalue weighted by atomic mass is 9.94. The van der Waals surface area contributed by atoms with E-state index >= 15 is 0 Å². The van der Waals surface area contributed by atoms with Crippen LogP contribution in [0.5, 0.6) is 0 Å². The second kappa shape index (κ2) is 4.07. The fourth-order valence-corrected chi connectivity index (χ4v) is 6.13. The molecule has 1 heterocycles. The van der Waals surface area contributed by atoms with E-state index in [-0.39, 0.29) is 5.92 Å². The van der Waals surface area contributed by atoms with Crippen molar-refractivity contribution in [3.63, 3.8) is 0 Å². The summed E-state index contributed by atoms with van der Waals surface area (Å²) in [6.07, 6.45) is 2.86. The zero-order valence-corrected chi connectivity index (χ0v) is 11.4. The van der Waals surface area contributed by atoms with Crippen LogP contribution in [0, 0.1) is 5.92 Å². The zero-order valence-electron chi connectivity index (χ0n) is 10.6. The first kappa shape index (κ1) is 12.2. The molecule has 4 heteroatoms. The van der Waals surface area contributed by atoms with Crippen molar-refractivity contribution in [2.24, 2.45) is 5.92 Å². The summed E-state index contributed by atoms with van der Waals surface area (Å²) in [5.74, 6) is 0.266. The lowest BCUT2D eigenvalue weighted by Gasteiger charge is -2.29. The van der Waals surface area contributed by atoms with Crippen molar-refractivity contribution in [1.82, 2.24) is 5.32 Å². The SMILES string of the molecule is CC1NC[C@]2(S(=O)(=O)c3ccccc3)CCC[C@H]12. The van der Waals surface area contributed by atoms with Gasteiger partial charge in [-0.05, 0) is 37.8 Å². The molecule has 0 bridgehead atoms. The molecule has 0 aromatic heterocycles. The number of sulfone groups is 1. The number of nitrogens with one attached hydrogen (secondary N) is 1. The Labute approximate surface area is 109 Å². The van der Waals surface area contributed by atoms with E-state index in [4.69, 9.17) is 0 Å². The maximum absolute atomic E-state index is 12.9. The van der Waals surface area contributed by atoms with E-state index in [0.717, 1.165) is 19.3 Å². The van der Waals surface area contributed by atoms with Crippen LogP contribution in [-0.2, 0) is 9.84 Å². The lowest BCUT2D eigenvalue weighted by Crippen LogP contribution is -2.43. The average Bonchev–Trinajstić information content (AvgIpc) is 2.93. The van der Waals surface area contributed by atoms with E-state index in [1.54, 1.807) is 24.3 Å². The highest BCUT2D eigenvalue weighted by Gasteiger charge is 2.58. The van der Waals surface area contributed by atoms with Crippen molar-refractivity contribution in [1.29, 1.82) is 0 Å². The van der Waals surface area contributed by atoms with Crippen LogP contribution in [0.15, 0.2) is 35.2 Å². The number of hydrogen-bond acceptors (Lipinski definition) is 3. The molecule has 0 amide bonds. The normalized spacial score (nSPS) is 35.6. The van der Waals surface area contributed by atoms with Gasteiger partial charge in [0, 0.05) is 12.6 Å². The molecular formula is C14H19NO2S. The summed E-state index contributed by atoms with van der Waals surface area (Å²) in [5, 5.41) is 3.36. The molecule has 1 aromatic rings. The minimum absolute atomic E-state index is 0.266. The summed E-state index contributed by atoms with van der Waals surface area (Å²) in [6.45, 7) is 2.72. The van der Waals surface area contributed by atoms with Gasteiger partial charge in [0.25, 0.3) is 0 Å². The molecule has 2 aliphatic rings. The van der Waals surface area contributed by atoms with Gasteiger partial charge < -0.3 is 5.32 Å². The molecule has 1 aliphatic heterocycles. The van der Waals surface area contributed by atoms with Gasteiger partial charge in [0.1, 0.15) is 0 Å².